The molecule has 0 radical (unpaired) electrons. The number of nitrogens with zero attached hydrogens (tertiary/aromatic N) is 1. The second kappa shape index (κ2) is 7.09. The van der Waals surface area contributed by atoms with Crippen molar-refractivity contribution in [3.8, 4) is 5.75 Å². The average Bonchev–Trinajstić information content (AvgIpc) is 2.71. The van der Waals surface area contributed by atoms with Crippen LogP contribution in [-0.2, 0) is 6.54 Å². The number of carbonyl (C=O) groups excluding carboxylic acids is 1. The normalized spacial score (nSPS) is 11.1. The number of rotatable bonds is 3. The first-order valence-electron chi connectivity index (χ1n) is 8.66. The third-order valence-electron chi connectivity index (χ3n) is 4.56. The Morgan fingerprint density at radius 1 is 1.11 bits per heavy atom. The molecule has 6 nitrogen and oxygen atoms in total. The largest absolute Gasteiger partial charge is 0.422 e. The summed E-state index contributed by atoms with van der Waals surface area (Å²) in [5, 5.41) is 1.96. The molecule has 0 saturated heterocycles. The number of nitrogens with one attached hydrogen (secondary N) is 1. The number of benzene rings is 3. The minimum absolute atomic E-state index is 0.268. The Morgan fingerprint density at radius 2 is 1.89 bits per heavy atom. The summed E-state index contributed by atoms with van der Waals surface area (Å²) in [4.78, 5) is 39.0. The number of aryl methyl sites for hydroxylation is 1. The summed E-state index contributed by atoms with van der Waals surface area (Å²) in [5.74, 6) is -0.163. The Morgan fingerprint density at radius 3 is 2.68 bits per heavy atom. The van der Waals surface area contributed by atoms with Gasteiger partial charge in [-0.2, -0.15) is 0 Å². The maximum Gasteiger partial charge on any atom is 0.343 e. The molecule has 4 aromatic rings. The van der Waals surface area contributed by atoms with E-state index in [0.29, 0.717) is 27.8 Å². The number of fused-ring (bicyclic) bond motifs is 2. The highest BCUT2D eigenvalue weighted by atomic mass is 79.9. The van der Waals surface area contributed by atoms with Crippen LogP contribution in [0.3, 0.4) is 0 Å². The zero-order valence-corrected chi connectivity index (χ0v) is 16.4. The highest BCUT2D eigenvalue weighted by Gasteiger charge is 2.15. The van der Waals surface area contributed by atoms with Gasteiger partial charge in [-0.15, -0.1) is 0 Å². The molecule has 140 valence electrons. The summed E-state index contributed by atoms with van der Waals surface area (Å²) in [7, 11) is 0. The Bertz CT molecular complexity index is 1350. The zero-order valence-electron chi connectivity index (χ0n) is 14.9. The van der Waals surface area contributed by atoms with Gasteiger partial charge in [0.15, 0.2) is 0 Å². The molecule has 1 aromatic heterocycles. The SMILES string of the molecule is CCn1c(=O)c(=O)[nH]c2cc(C(=O)Oc3ccc4ccccc4c3Br)ccc21. The highest BCUT2D eigenvalue weighted by Crippen LogP contribution is 2.33. The first-order chi connectivity index (χ1) is 13.5. The van der Waals surface area contributed by atoms with E-state index in [-0.39, 0.29) is 5.56 Å². The predicted molar refractivity (Wildman–Crippen MR) is 111 cm³/mol. The van der Waals surface area contributed by atoms with Crippen molar-refractivity contribution in [2.45, 2.75) is 13.5 Å². The molecular formula is C21H15BrN2O4. The van der Waals surface area contributed by atoms with Gasteiger partial charge in [-0.25, -0.2) is 4.79 Å². The number of ether oxygens (including phenoxy) is 1. The second-order valence-corrected chi connectivity index (χ2v) is 7.02. The van der Waals surface area contributed by atoms with E-state index < -0.39 is 17.1 Å². The van der Waals surface area contributed by atoms with E-state index in [2.05, 4.69) is 20.9 Å². The second-order valence-electron chi connectivity index (χ2n) is 6.22. The molecule has 28 heavy (non-hydrogen) atoms. The van der Waals surface area contributed by atoms with Crippen molar-refractivity contribution >= 4 is 43.7 Å². The molecule has 0 unspecified atom stereocenters. The molecule has 0 aliphatic heterocycles. The molecule has 0 aliphatic rings. The van der Waals surface area contributed by atoms with E-state index in [1.54, 1.807) is 25.1 Å². The quantitative estimate of drug-likeness (QED) is 0.299. The molecule has 0 aliphatic carbocycles. The fourth-order valence-corrected chi connectivity index (χ4v) is 3.75. The van der Waals surface area contributed by atoms with Gasteiger partial charge in [0.2, 0.25) is 0 Å². The van der Waals surface area contributed by atoms with Crippen LogP contribution in [0.15, 0.2) is 68.7 Å². The molecular weight excluding hydrogens is 424 g/mol. The third-order valence-corrected chi connectivity index (χ3v) is 5.38. The number of esters is 1. The summed E-state index contributed by atoms with van der Waals surface area (Å²) in [6, 6.07) is 16.1. The minimum atomic E-state index is -0.725. The van der Waals surface area contributed by atoms with Crippen molar-refractivity contribution in [3.63, 3.8) is 0 Å². The Labute approximate surface area is 167 Å². The lowest BCUT2D eigenvalue weighted by atomic mass is 10.1. The summed E-state index contributed by atoms with van der Waals surface area (Å²) >= 11 is 3.50. The van der Waals surface area contributed by atoms with Gasteiger partial charge in [-0.05, 0) is 57.9 Å². The van der Waals surface area contributed by atoms with Crippen molar-refractivity contribution < 1.29 is 9.53 Å². The van der Waals surface area contributed by atoms with Gasteiger partial charge in [0.05, 0.1) is 21.1 Å². The maximum absolute atomic E-state index is 12.6. The fourth-order valence-electron chi connectivity index (χ4n) is 3.17. The average molecular weight is 439 g/mol. The minimum Gasteiger partial charge on any atom is -0.422 e. The number of aromatic nitrogens is 2. The van der Waals surface area contributed by atoms with Gasteiger partial charge in [0.25, 0.3) is 0 Å². The first-order valence-corrected chi connectivity index (χ1v) is 9.45. The monoisotopic (exact) mass is 438 g/mol. The van der Waals surface area contributed by atoms with Crippen molar-refractivity contribution in [2.24, 2.45) is 0 Å². The number of H-pyrrole nitrogens is 1. The molecule has 4 rings (SSSR count). The van der Waals surface area contributed by atoms with Crippen molar-refractivity contribution in [1.82, 2.24) is 9.55 Å². The fraction of sp³-hybridized carbons (Fsp3) is 0.0952. The summed E-state index contributed by atoms with van der Waals surface area (Å²) in [6.07, 6.45) is 0. The Hall–Kier alpha value is -3.19. The van der Waals surface area contributed by atoms with Gasteiger partial charge in [0, 0.05) is 6.54 Å². The molecule has 0 saturated carbocycles. The van der Waals surface area contributed by atoms with Crippen LogP contribution in [-0.4, -0.2) is 15.5 Å². The lowest BCUT2D eigenvalue weighted by molar-refractivity contribution is 0.0734. The zero-order chi connectivity index (χ0) is 19.8. The van der Waals surface area contributed by atoms with Crippen molar-refractivity contribution in [2.75, 3.05) is 0 Å². The van der Waals surface area contributed by atoms with Gasteiger partial charge in [-0.3, -0.25) is 9.59 Å². The molecule has 0 spiro atoms. The number of hydrogen-bond acceptors (Lipinski definition) is 4. The summed E-state index contributed by atoms with van der Waals surface area (Å²) in [6.45, 7) is 2.13. The van der Waals surface area contributed by atoms with E-state index in [1.807, 2.05) is 30.3 Å². The molecule has 3 aromatic carbocycles. The van der Waals surface area contributed by atoms with Gasteiger partial charge < -0.3 is 14.3 Å². The van der Waals surface area contributed by atoms with E-state index in [4.69, 9.17) is 4.74 Å². The van der Waals surface area contributed by atoms with Gasteiger partial charge >= 0.3 is 17.1 Å². The van der Waals surface area contributed by atoms with E-state index in [0.717, 1.165) is 10.8 Å². The van der Waals surface area contributed by atoms with Crippen LogP contribution < -0.4 is 15.9 Å². The molecule has 7 heteroatoms. The van der Waals surface area contributed by atoms with Crippen molar-refractivity contribution in [1.29, 1.82) is 0 Å². The molecule has 0 bridgehead atoms. The lowest BCUT2D eigenvalue weighted by Gasteiger charge is -2.10. The summed E-state index contributed by atoms with van der Waals surface area (Å²) in [5.41, 5.74) is -0.124. The van der Waals surface area contributed by atoms with Crippen LogP contribution in [0, 0.1) is 0 Å². The third kappa shape index (κ3) is 3.03. The van der Waals surface area contributed by atoms with Crippen LogP contribution in [0.1, 0.15) is 17.3 Å². The number of carbonyl (C=O) groups is 1. The van der Waals surface area contributed by atoms with Crippen LogP contribution in [0.5, 0.6) is 5.75 Å². The van der Waals surface area contributed by atoms with Crippen LogP contribution in [0.25, 0.3) is 21.8 Å². The molecule has 1 heterocycles. The predicted octanol–water partition coefficient (Wildman–Crippen LogP) is 3.84. The lowest BCUT2D eigenvalue weighted by Crippen LogP contribution is -2.36. The number of aromatic amines is 1. The standard InChI is InChI=1S/C21H15BrN2O4/c1-2-24-16-9-7-13(11-15(16)23-19(25)20(24)26)21(27)28-17-10-8-12-5-3-4-6-14(12)18(17)22/h3-11H,2H2,1H3,(H,23,25). The van der Waals surface area contributed by atoms with Gasteiger partial charge in [-0.1, -0.05) is 30.3 Å². The van der Waals surface area contributed by atoms with E-state index in [1.165, 1.54) is 10.6 Å². The topological polar surface area (TPSA) is 81.2 Å². The smallest absolute Gasteiger partial charge is 0.343 e. The Balaban J connectivity index is 1.74. The molecule has 1 N–H and O–H groups in total. The maximum atomic E-state index is 12.6. The molecule has 0 fully saturated rings. The number of halogens is 1. The van der Waals surface area contributed by atoms with Crippen LogP contribution >= 0.6 is 15.9 Å². The van der Waals surface area contributed by atoms with Gasteiger partial charge in [0.1, 0.15) is 5.75 Å². The van der Waals surface area contributed by atoms with Crippen molar-refractivity contribution in [3.05, 3.63) is 85.3 Å². The summed E-state index contributed by atoms with van der Waals surface area (Å²) < 4.78 is 7.60. The molecule has 0 amide bonds. The van der Waals surface area contributed by atoms with E-state index in [9.17, 15) is 14.4 Å². The Kier molecular flexibility index (Phi) is 4.60. The van der Waals surface area contributed by atoms with Crippen LogP contribution in [0.4, 0.5) is 0 Å². The number of hydrogen-bond donors (Lipinski definition) is 1. The highest BCUT2D eigenvalue weighted by molar-refractivity contribution is 9.10. The van der Waals surface area contributed by atoms with E-state index >= 15 is 0 Å². The van der Waals surface area contributed by atoms with Crippen LogP contribution in [0.2, 0.25) is 0 Å². The molecule has 0 atom stereocenters. The first kappa shape index (κ1) is 18.2.